The molecule has 0 radical (unpaired) electrons. The first-order chi connectivity index (χ1) is 30.2. The second kappa shape index (κ2) is 15.9. The van der Waals surface area contributed by atoms with Gasteiger partial charge in [0.05, 0.1) is 46.3 Å². The summed E-state index contributed by atoms with van der Waals surface area (Å²) in [5, 5.41) is 14.8. The number of pyridine rings is 1. The number of rotatable bonds is 8. The molecule has 63 heavy (non-hydrogen) atoms. The number of carbonyl (C=O) groups excluding carboxylic acids is 2. The van der Waals surface area contributed by atoms with Crippen molar-refractivity contribution in [1.82, 2.24) is 34.5 Å². The summed E-state index contributed by atoms with van der Waals surface area (Å²) in [7, 11) is 3.38. The molecule has 0 spiro atoms. The Morgan fingerprint density at radius 3 is 2.51 bits per heavy atom. The van der Waals surface area contributed by atoms with Gasteiger partial charge >= 0.3 is 5.92 Å². The van der Waals surface area contributed by atoms with Crippen LogP contribution < -0.4 is 36.0 Å². The Morgan fingerprint density at radius 2 is 1.76 bits per heavy atom. The quantitative estimate of drug-likeness (QED) is 0.162. The van der Waals surface area contributed by atoms with Crippen LogP contribution in [0.1, 0.15) is 50.6 Å². The lowest BCUT2D eigenvalue weighted by molar-refractivity contribution is -0.134. The molecule has 4 atom stereocenters. The van der Waals surface area contributed by atoms with Crippen LogP contribution in [0.2, 0.25) is 5.02 Å². The van der Waals surface area contributed by atoms with E-state index in [2.05, 4.69) is 47.7 Å². The van der Waals surface area contributed by atoms with E-state index in [1.165, 1.54) is 10.6 Å². The fourth-order valence-corrected chi connectivity index (χ4v) is 10.1. The Balaban J connectivity index is 0.784. The van der Waals surface area contributed by atoms with Gasteiger partial charge in [0, 0.05) is 82.8 Å². The minimum Gasteiger partial charge on any atom is -0.480 e. The zero-order chi connectivity index (χ0) is 43.9. The summed E-state index contributed by atoms with van der Waals surface area (Å²) in [5.41, 5.74) is 2.69. The first kappa shape index (κ1) is 41.4. The van der Waals surface area contributed by atoms with Gasteiger partial charge in [-0.05, 0) is 73.8 Å². The van der Waals surface area contributed by atoms with Gasteiger partial charge in [-0.25, -0.2) is 18.2 Å². The molecular formula is C44H49ClF3N11O4. The number of benzene rings is 2. The van der Waals surface area contributed by atoms with Gasteiger partial charge in [0.1, 0.15) is 10.8 Å². The Bertz CT molecular complexity index is 2720. The van der Waals surface area contributed by atoms with Crippen molar-refractivity contribution in [2.45, 2.75) is 56.9 Å². The Hall–Kier alpha value is -5.62. The maximum Gasteiger partial charge on any atom is 0.301 e. The molecule has 7 heterocycles. The van der Waals surface area contributed by atoms with Crippen LogP contribution in [0, 0.1) is 23.6 Å². The predicted octanol–water partition coefficient (Wildman–Crippen LogP) is 5.77. The molecule has 1 aliphatic carbocycles. The van der Waals surface area contributed by atoms with Crippen LogP contribution in [-0.4, -0.2) is 105 Å². The summed E-state index contributed by atoms with van der Waals surface area (Å²) >= 11 is 6.65. The molecule has 3 saturated heterocycles. The van der Waals surface area contributed by atoms with Crippen LogP contribution in [0.4, 0.5) is 42.0 Å². The van der Waals surface area contributed by atoms with E-state index < -0.39 is 36.0 Å². The molecule has 5 aliphatic rings. The highest BCUT2D eigenvalue weighted by Crippen LogP contribution is 2.46. The van der Waals surface area contributed by atoms with E-state index in [1.807, 2.05) is 6.07 Å². The molecule has 3 aromatic heterocycles. The number of carbonyl (C=O) groups is 2. The van der Waals surface area contributed by atoms with Gasteiger partial charge in [0.15, 0.2) is 12.4 Å². The first-order valence-corrected chi connectivity index (χ1v) is 22.1. The third-order valence-corrected chi connectivity index (χ3v) is 14.0. The number of piperazine rings is 1. The highest BCUT2D eigenvalue weighted by atomic mass is 35.5. The smallest absolute Gasteiger partial charge is 0.301 e. The third-order valence-electron chi connectivity index (χ3n) is 13.7. The molecule has 2 aromatic carbocycles. The summed E-state index contributed by atoms with van der Waals surface area (Å²) in [6, 6.07) is 7.51. The number of hydrogen-bond donors (Lipinski definition) is 3. The van der Waals surface area contributed by atoms with Gasteiger partial charge in [0.2, 0.25) is 23.5 Å². The van der Waals surface area contributed by atoms with Gasteiger partial charge in [-0.1, -0.05) is 18.5 Å². The summed E-state index contributed by atoms with van der Waals surface area (Å²) in [6.45, 7) is 6.71. The van der Waals surface area contributed by atoms with Crippen LogP contribution in [0.5, 0.6) is 5.75 Å². The van der Waals surface area contributed by atoms with Crippen molar-refractivity contribution in [3.05, 3.63) is 63.4 Å². The average molecular weight is 888 g/mol. The summed E-state index contributed by atoms with van der Waals surface area (Å²) in [6.07, 6.45) is 4.46. The fraction of sp³-hybridized carbons (Fsp3) is 0.500. The average Bonchev–Trinajstić information content (AvgIpc) is 4.07. The first-order valence-electron chi connectivity index (χ1n) is 21.7. The van der Waals surface area contributed by atoms with E-state index in [1.54, 1.807) is 43.2 Å². The second-order valence-electron chi connectivity index (χ2n) is 17.9. The van der Waals surface area contributed by atoms with Crippen molar-refractivity contribution in [2.24, 2.45) is 31.8 Å². The van der Waals surface area contributed by atoms with Crippen molar-refractivity contribution < 1.29 is 27.5 Å². The van der Waals surface area contributed by atoms with Crippen molar-refractivity contribution in [1.29, 1.82) is 0 Å². The molecule has 332 valence electrons. The molecule has 15 nitrogen and oxygen atoms in total. The number of aryl methyl sites for hydroxylation is 2. The van der Waals surface area contributed by atoms with Crippen LogP contribution in [0.25, 0.3) is 21.8 Å². The van der Waals surface area contributed by atoms with E-state index in [0.717, 1.165) is 44.7 Å². The van der Waals surface area contributed by atoms with Gasteiger partial charge in [0.25, 0.3) is 5.56 Å². The highest BCUT2D eigenvalue weighted by Gasteiger charge is 2.51. The number of ether oxygens (including phenoxy) is 1. The van der Waals surface area contributed by atoms with Crippen LogP contribution in [-0.2, 0) is 23.7 Å². The minimum atomic E-state index is -3.14. The van der Waals surface area contributed by atoms with Gasteiger partial charge < -0.3 is 29.7 Å². The normalized spacial score (nSPS) is 24.2. The second-order valence-corrected chi connectivity index (χ2v) is 18.3. The largest absolute Gasteiger partial charge is 0.480 e. The number of hydrogen-bond acceptors (Lipinski definition) is 12. The predicted molar refractivity (Wildman–Crippen MR) is 234 cm³/mol. The number of aromatic nitrogens is 5. The van der Waals surface area contributed by atoms with Gasteiger partial charge in [-0.15, -0.1) is 0 Å². The number of alkyl halides is 2. The molecule has 5 aromatic rings. The zero-order valence-corrected chi connectivity index (χ0v) is 36.0. The third kappa shape index (κ3) is 7.68. The molecule has 2 amide bonds. The SMILES string of the molecule is CC1CN(c2ncc(Cl)c(Nc3ccc4c(c3)c3c(c(=O)n4C)OCC(F)(F)C(C4CC4)N3)n2)CCC1CN1CCN(c2cc3c(cc2F)c(C2CCC(=O)NC2=O)nn3C)CC1. The highest BCUT2D eigenvalue weighted by molar-refractivity contribution is 6.33. The van der Waals surface area contributed by atoms with E-state index in [0.29, 0.717) is 94.3 Å². The van der Waals surface area contributed by atoms with E-state index in [9.17, 15) is 14.4 Å². The Morgan fingerprint density at radius 1 is 0.968 bits per heavy atom. The van der Waals surface area contributed by atoms with Gasteiger partial charge in [-0.2, -0.15) is 10.1 Å². The summed E-state index contributed by atoms with van der Waals surface area (Å²) in [5.74, 6) is -3.41. The molecule has 3 N–H and O–H groups in total. The molecule has 4 unspecified atom stereocenters. The van der Waals surface area contributed by atoms with E-state index in [4.69, 9.17) is 21.3 Å². The molecule has 1 saturated carbocycles. The minimum absolute atomic E-state index is 0.119. The molecule has 0 bridgehead atoms. The number of nitrogens with one attached hydrogen (secondary N) is 3. The number of halogens is 4. The van der Waals surface area contributed by atoms with Crippen LogP contribution in [0.15, 0.2) is 41.3 Å². The monoisotopic (exact) mass is 887 g/mol. The zero-order valence-electron chi connectivity index (χ0n) is 35.3. The number of nitrogens with zero attached hydrogens (tertiary/aromatic N) is 8. The maximum absolute atomic E-state index is 15.8. The molecule has 4 fully saturated rings. The summed E-state index contributed by atoms with van der Waals surface area (Å²) < 4.78 is 54.7. The van der Waals surface area contributed by atoms with Crippen molar-refractivity contribution in [3.8, 4) is 5.75 Å². The molecule has 4 aliphatic heterocycles. The van der Waals surface area contributed by atoms with Crippen molar-refractivity contribution in [2.75, 3.05) is 72.9 Å². The van der Waals surface area contributed by atoms with E-state index in [-0.39, 0.29) is 35.5 Å². The lowest BCUT2D eigenvalue weighted by Crippen LogP contribution is -2.50. The van der Waals surface area contributed by atoms with Crippen LogP contribution in [0.3, 0.4) is 0 Å². The lowest BCUT2D eigenvalue weighted by atomic mass is 9.86. The summed E-state index contributed by atoms with van der Waals surface area (Å²) in [4.78, 5) is 53.7. The molecule has 19 heteroatoms. The standard InChI is InChI=1S/C44H49ClF3N11O4/c1-23-20-59(11-10-25(23)21-57-12-14-58(15-13-57)34-18-33-29(17-31(34)46)36(54-56(33)3)27-7-9-35(60)51-41(27)61)43-49-19-30(45)40(53-43)50-26-6-8-32-28(16-26)37-38(42(62)55(32)2)63-22-44(47,48)39(52-37)24-4-5-24/h6,8,16-19,23-25,27,39,52H,4-5,7,9-15,20-22H2,1-3H3,(H,49,50,53)(H,51,60,61). The molecule has 10 rings (SSSR count). The Labute approximate surface area is 365 Å². The number of piperidine rings is 2. The number of fused-ring (bicyclic) bond motifs is 4. The molecular weight excluding hydrogens is 839 g/mol. The lowest BCUT2D eigenvalue weighted by Gasteiger charge is -2.42. The number of imide groups is 1. The Kier molecular flexibility index (Phi) is 10.4. The van der Waals surface area contributed by atoms with E-state index >= 15 is 13.2 Å². The fourth-order valence-electron chi connectivity index (χ4n) is 9.92. The van der Waals surface area contributed by atoms with Crippen molar-refractivity contribution >= 4 is 74.0 Å². The van der Waals surface area contributed by atoms with Crippen molar-refractivity contribution in [3.63, 3.8) is 0 Å². The topological polar surface area (TPSA) is 155 Å². The number of amides is 2. The van der Waals surface area contributed by atoms with Crippen LogP contribution >= 0.6 is 11.6 Å². The van der Waals surface area contributed by atoms with Gasteiger partial charge in [-0.3, -0.25) is 29.3 Å². The maximum atomic E-state index is 15.8. The number of anilines is 5.